The maximum atomic E-state index is 14.4. The van der Waals surface area contributed by atoms with Crippen molar-refractivity contribution in [3.63, 3.8) is 0 Å². The van der Waals surface area contributed by atoms with Gasteiger partial charge in [-0.15, -0.1) is 0 Å². The molecule has 0 amide bonds. The van der Waals surface area contributed by atoms with Gasteiger partial charge in [-0.25, -0.2) is 0 Å². The predicted molar refractivity (Wildman–Crippen MR) is 158 cm³/mol. The zero-order valence-electron chi connectivity index (χ0n) is 22.9. The number of hydrogen-bond donors (Lipinski definition) is 0. The van der Waals surface area contributed by atoms with Gasteiger partial charge in [0.1, 0.15) is 0 Å². The first-order valence-electron chi connectivity index (χ1n) is 14.8. The number of morpholine rings is 1. The van der Waals surface area contributed by atoms with Gasteiger partial charge in [0.05, 0.1) is 19.1 Å². The monoisotopic (exact) mass is 520 g/mol. The molecule has 0 spiro atoms. The number of hydrogen-bond acceptors (Lipinski definition) is 4. The average molecular weight is 521 g/mol. The van der Waals surface area contributed by atoms with Gasteiger partial charge in [0.25, 0.3) is 0 Å². The summed E-state index contributed by atoms with van der Waals surface area (Å²) in [5, 5.41) is 0. The predicted octanol–water partition coefficient (Wildman–Crippen LogP) is 6.66. The van der Waals surface area contributed by atoms with Crippen LogP contribution in [0.15, 0.2) is 96.6 Å². The smallest absolute Gasteiger partial charge is 0.168 e. The number of benzene rings is 3. The van der Waals surface area contributed by atoms with Crippen LogP contribution in [0.25, 0.3) is 5.70 Å². The lowest BCUT2D eigenvalue weighted by Crippen LogP contribution is -2.49. The average Bonchev–Trinajstić information content (AvgIpc) is 3.02. The molecular formula is C35H40N2O2. The Bertz CT molecular complexity index is 1250. The fraction of sp³-hybridized carbons (Fsp3) is 0.400. The lowest BCUT2D eigenvalue weighted by atomic mass is 9.71. The molecule has 0 radical (unpaired) electrons. The summed E-state index contributed by atoms with van der Waals surface area (Å²) >= 11 is 0. The first kappa shape index (κ1) is 26.0. The Labute approximate surface area is 233 Å². The Kier molecular flexibility index (Phi) is 8.22. The molecule has 3 aromatic carbocycles. The summed E-state index contributed by atoms with van der Waals surface area (Å²) in [5.41, 5.74) is 6.09. The van der Waals surface area contributed by atoms with Crippen molar-refractivity contribution >= 4 is 11.5 Å². The molecular weight excluding hydrogens is 480 g/mol. The van der Waals surface area contributed by atoms with Crippen molar-refractivity contribution in [1.29, 1.82) is 0 Å². The Balaban J connectivity index is 1.55. The fourth-order valence-corrected chi connectivity index (χ4v) is 6.97. The van der Waals surface area contributed by atoms with Gasteiger partial charge in [0, 0.05) is 49.4 Å². The van der Waals surface area contributed by atoms with Crippen LogP contribution in [0.5, 0.6) is 0 Å². The van der Waals surface area contributed by atoms with E-state index < -0.39 is 0 Å². The summed E-state index contributed by atoms with van der Waals surface area (Å²) in [6.45, 7) is 5.00. The largest absolute Gasteiger partial charge is 0.379 e. The quantitative estimate of drug-likeness (QED) is 0.326. The second-order valence-corrected chi connectivity index (χ2v) is 11.3. The third-order valence-electron chi connectivity index (χ3n) is 8.88. The first-order chi connectivity index (χ1) is 19.3. The highest BCUT2D eigenvalue weighted by atomic mass is 16.5. The molecule has 202 valence electrons. The molecule has 0 aromatic heterocycles. The van der Waals surface area contributed by atoms with Crippen molar-refractivity contribution in [3.8, 4) is 0 Å². The highest BCUT2D eigenvalue weighted by Gasteiger charge is 2.43. The van der Waals surface area contributed by atoms with Crippen LogP contribution in [0.3, 0.4) is 0 Å². The van der Waals surface area contributed by atoms with Crippen molar-refractivity contribution in [1.82, 2.24) is 9.80 Å². The van der Waals surface area contributed by atoms with Gasteiger partial charge in [-0.05, 0) is 29.5 Å². The van der Waals surface area contributed by atoms with Gasteiger partial charge >= 0.3 is 0 Å². The van der Waals surface area contributed by atoms with Crippen LogP contribution >= 0.6 is 0 Å². The topological polar surface area (TPSA) is 32.8 Å². The second kappa shape index (κ2) is 12.3. The SMILES string of the molecule is O=C(c1ccccc1)[C@H]1CN(C2CCCCC2)C(c2ccccc2)=C(CN2CCOCC2)[C@H]1c1ccccc1. The highest BCUT2D eigenvalue weighted by molar-refractivity contribution is 5.99. The van der Waals surface area contributed by atoms with E-state index in [1.54, 1.807) is 0 Å². The van der Waals surface area contributed by atoms with Gasteiger partial charge < -0.3 is 9.64 Å². The van der Waals surface area contributed by atoms with E-state index in [9.17, 15) is 4.79 Å². The normalized spacial score (nSPS) is 23.1. The minimum atomic E-state index is -0.139. The van der Waals surface area contributed by atoms with Crippen molar-refractivity contribution in [3.05, 3.63) is 113 Å². The van der Waals surface area contributed by atoms with E-state index in [4.69, 9.17) is 4.74 Å². The molecule has 2 atom stereocenters. The van der Waals surface area contributed by atoms with Crippen LogP contribution in [0.2, 0.25) is 0 Å². The number of nitrogens with zero attached hydrogens (tertiary/aromatic N) is 2. The molecule has 0 bridgehead atoms. The summed E-state index contributed by atoms with van der Waals surface area (Å²) in [6, 6.07) is 32.2. The summed E-state index contributed by atoms with van der Waals surface area (Å²) in [5.74, 6) is 0.147. The number of carbonyl (C=O) groups excluding carboxylic acids is 1. The third kappa shape index (κ3) is 5.73. The van der Waals surface area contributed by atoms with Crippen molar-refractivity contribution < 1.29 is 9.53 Å². The molecule has 0 N–H and O–H groups in total. The highest BCUT2D eigenvalue weighted by Crippen LogP contribution is 2.46. The van der Waals surface area contributed by atoms with Crippen LogP contribution in [0, 0.1) is 5.92 Å². The molecule has 39 heavy (non-hydrogen) atoms. The van der Waals surface area contributed by atoms with Crippen LogP contribution in [0.4, 0.5) is 0 Å². The first-order valence-corrected chi connectivity index (χ1v) is 14.8. The van der Waals surface area contributed by atoms with E-state index in [0.717, 1.165) is 45.0 Å². The van der Waals surface area contributed by atoms with E-state index in [-0.39, 0.29) is 17.6 Å². The van der Waals surface area contributed by atoms with Crippen LogP contribution in [-0.4, -0.2) is 61.0 Å². The zero-order valence-corrected chi connectivity index (χ0v) is 22.9. The van der Waals surface area contributed by atoms with E-state index >= 15 is 0 Å². The lowest BCUT2D eigenvalue weighted by molar-refractivity contribution is 0.0403. The van der Waals surface area contributed by atoms with Crippen LogP contribution < -0.4 is 0 Å². The van der Waals surface area contributed by atoms with Crippen LogP contribution in [-0.2, 0) is 4.74 Å². The van der Waals surface area contributed by atoms with Crippen molar-refractivity contribution in [2.45, 2.75) is 44.1 Å². The number of Topliss-reactive ketones (excluding diaryl/α,β-unsaturated/α-hetero) is 1. The standard InChI is InChI=1S/C35H40N2O2/c38-35(29-17-9-3-10-18-29)32-26-37(30-19-11-4-12-20-30)34(28-15-7-2-8-16-28)31(25-36-21-23-39-24-22-36)33(32)27-13-5-1-6-14-27/h1-3,5-10,13-18,30,32-33H,4,11-12,19-26H2/t32-,33+/m0/s1. The summed E-state index contributed by atoms with van der Waals surface area (Å²) in [7, 11) is 0. The second-order valence-electron chi connectivity index (χ2n) is 11.3. The maximum absolute atomic E-state index is 14.4. The Hall–Kier alpha value is -3.21. The molecule has 2 fully saturated rings. The van der Waals surface area contributed by atoms with Gasteiger partial charge in [-0.2, -0.15) is 0 Å². The third-order valence-corrected chi connectivity index (χ3v) is 8.88. The molecule has 3 aliphatic rings. The van der Waals surface area contributed by atoms with Gasteiger partial charge in [0.2, 0.25) is 0 Å². The molecule has 2 aliphatic heterocycles. The molecule has 6 rings (SSSR count). The zero-order chi connectivity index (χ0) is 26.4. The molecule has 1 saturated carbocycles. The number of rotatable bonds is 7. The van der Waals surface area contributed by atoms with E-state index in [2.05, 4.69) is 70.5 Å². The minimum Gasteiger partial charge on any atom is -0.379 e. The Morgan fingerprint density at radius 3 is 2.05 bits per heavy atom. The van der Waals surface area contributed by atoms with Crippen molar-refractivity contribution in [2.24, 2.45) is 5.92 Å². The summed E-state index contributed by atoms with van der Waals surface area (Å²) in [4.78, 5) is 19.6. The Morgan fingerprint density at radius 1 is 0.769 bits per heavy atom. The molecule has 4 heteroatoms. The molecule has 1 aliphatic carbocycles. The maximum Gasteiger partial charge on any atom is 0.168 e. The lowest BCUT2D eigenvalue weighted by Gasteiger charge is -2.48. The molecule has 0 unspecified atom stereocenters. The summed E-state index contributed by atoms with van der Waals surface area (Å²) in [6.07, 6.45) is 6.24. The van der Waals surface area contributed by atoms with Crippen LogP contribution in [0.1, 0.15) is 59.5 Å². The number of ketones is 1. The van der Waals surface area contributed by atoms with Crippen molar-refractivity contribution in [2.75, 3.05) is 39.4 Å². The fourth-order valence-electron chi connectivity index (χ4n) is 6.97. The number of ether oxygens (including phenoxy) is 1. The van der Waals surface area contributed by atoms with E-state index in [1.807, 2.05) is 30.3 Å². The number of carbonyl (C=O) groups is 1. The minimum absolute atomic E-state index is 0.0248. The molecule has 4 nitrogen and oxygen atoms in total. The van der Waals surface area contributed by atoms with Gasteiger partial charge in [-0.1, -0.05) is 110 Å². The molecule has 2 heterocycles. The van der Waals surface area contributed by atoms with Gasteiger partial charge in [0.15, 0.2) is 5.78 Å². The van der Waals surface area contributed by atoms with E-state index in [1.165, 1.54) is 54.5 Å². The molecule has 3 aromatic rings. The molecule has 1 saturated heterocycles. The van der Waals surface area contributed by atoms with E-state index in [0.29, 0.717) is 6.04 Å². The van der Waals surface area contributed by atoms with Gasteiger partial charge in [-0.3, -0.25) is 9.69 Å². The summed E-state index contributed by atoms with van der Waals surface area (Å²) < 4.78 is 5.72. The Morgan fingerprint density at radius 2 is 1.38 bits per heavy atom.